The fourth-order valence-corrected chi connectivity index (χ4v) is 4.95. The van der Waals surface area contributed by atoms with Crippen molar-refractivity contribution in [1.82, 2.24) is 0 Å². The number of methoxy groups -OCH3 is 1. The van der Waals surface area contributed by atoms with Gasteiger partial charge in [-0.3, -0.25) is 0 Å². The summed E-state index contributed by atoms with van der Waals surface area (Å²) in [5, 5.41) is 0. The maximum atomic E-state index is 5.47. The third kappa shape index (κ3) is 2.48. The Labute approximate surface area is 167 Å². The minimum absolute atomic E-state index is 0.0458. The molecular weight excluding hydrogens is 342 g/mol. The summed E-state index contributed by atoms with van der Waals surface area (Å²) in [5.41, 5.74) is 8.06. The summed E-state index contributed by atoms with van der Waals surface area (Å²) in [6.45, 7) is 5.66. The molecule has 0 N–H and O–H groups in total. The van der Waals surface area contributed by atoms with Crippen molar-refractivity contribution in [3.63, 3.8) is 0 Å². The molecule has 5 rings (SSSR count). The fourth-order valence-electron chi connectivity index (χ4n) is 4.95. The monoisotopic (exact) mass is 367 g/mol. The number of hydrogen-bond donors (Lipinski definition) is 0. The number of nitrogens with zero attached hydrogens (tertiary/aromatic N) is 1. The Morgan fingerprint density at radius 2 is 1.68 bits per heavy atom. The molecule has 0 saturated carbocycles. The molecule has 0 bridgehead atoms. The average molecular weight is 367 g/mol. The van der Waals surface area contributed by atoms with Crippen LogP contribution in [0.2, 0.25) is 0 Å². The van der Waals surface area contributed by atoms with E-state index in [2.05, 4.69) is 97.6 Å². The average Bonchev–Trinajstić information content (AvgIpc) is 3.12. The van der Waals surface area contributed by atoms with Crippen LogP contribution in [0, 0.1) is 0 Å². The summed E-state index contributed by atoms with van der Waals surface area (Å²) in [7, 11) is 1.73. The van der Waals surface area contributed by atoms with Gasteiger partial charge in [0, 0.05) is 29.3 Å². The summed E-state index contributed by atoms with van der Waals surface area (Å²) < 4.78 is 5.47. The number of para-hydroxylation sites is 1. The maximum Gasteiger partial charge on any atom is 0.119 e. The molecule has 0 spiro atoms. The molecule has 1 aliphatic heterocycles. The molecule has 1 atom stereocenters. The molecule has 1 aliphatic carbocycles. The van der Waals surface area contributed by atoms with E-state index >= 15 is 0 Å². The predicted octanol–water partition coefficient (Wildman–Crippen LogP) is 6.13. The smallest absolute Gasteiger partial charge is 0.119 e. The van der Waals surface area contributed by atoms with Crippen molar-refractivity contribution in [2.45, 2.75) is 31.8 Å². The summed E-state index contributed by atoms with van der Waals surface area (Å²) in [6.07, 6.45) is 2.36. The van der Waals surface area contributed by atoms with E-state index in [0.29, 0.717) is 5.92 Å². The highest BCUT2D eigenvalue weighted by atomic mass is 16.5. The Morgan fingerprint density at radius 1 is 0.929 bits per heavy atom. The first-order valence-electron chi connectivity index (χ1n) is 9.90. The van der Waals surface area contributed by atoms with Gasteiger partial charge in [0.1, 0.15) is 5.75 Å². The van der Waals surface area contributed by atoms with Gasteiger partial charge in [0.15, 0.2) is 0 Å². The topological polar surface area (TPSA) is 12.5 Å². The van der Waals surface area contributed by atoms with Crippen LogP contribution in [0.15, 0.2) is 72.8 Å². The minimum atomic E-state index is -0.0458. The third-order valence-corrected chi connectivity index (χ3v) is 6.32. The van der Waals surface area contributed by atoms with Gasteiger partial charge in [0.2, 0.25) is 0 Å². The van der Waals surface area contributed by atoms with E-state index in [0.717, 1.165) is 12.3 Å². The lowest BCUT2D eigenvalue weighted by atomic mass is 9.72. The number of ether oxygens (including phenoxy) is 1. The Balaban J connectivity index is 1.68. The zero-order chi connectivity index (χ0) is 19.3. The first-order chi connectivity index (χ1) is 13.6. The van der Waals surface area contributed by atoms with Crippen molar-refractivity contribution in [3.8, 4) is 5.75 Å². The molecule has 2 nitrogen and oxygen atoms in total. The molecule has 2 heteroatoms. The standard InChI is InChI=1S/C26H25NO/c1-26(2)25-21-14-13-20(28-3)15-19(21)16-23(25)22-11-7-8-12-24(22)27(26)17-18-9-5-4-6-10-18/h4-16,25H,17H2,1-3H3/t25-/m0/s1. The molecule has 0 unspecified atom stereocenters. The summed E-state index contributed by atoms with van der Waals surface area (Å²) in [6, 6.07) is 26.1. The van der Waals surface area contributed by atoms with Gasteiger partial charge >= 0.3 is 0 Å². The van der Waals surface area contributed by atoms with Crippen LogP contribution in [0.4, 0.5) is 5.69 Å². The van der Waals surface area contributed by atoms with Crippen LogP contribution in [0.25, 0.3) is 11.6 Å². The van der Waals surface area contributed by atoms with E-state index in [9.17, 15) is 0 Å². The molecule has 0 aromatic heterocycles. The van der Waals surface area contributed by atoms with Gasteiger partial charge < -0.3 is 9.64 Å². The fraction of sp³-hybridized carbons (Fsp3) is 0.231. The number of benzene rings is 3. The van der Waals surface area contributed by atoms with Crippen molar-refractivity contribution in [1.29, 1.82) is 0 Å². The molecule has 1 heterocycles. The number of fused-ring (bicyclic) bond motifs is 5. The lowest BCUT2D eigenvalue weighted by molar-refractivity contribution is 0.409. The lowest BCUT2D eigenvalue weighted by Gasteiger charge is -2.50. The zero-order valence-corrected chi connectivity index (χ0v) is 16.6. The van der Waals surface area contributed by atoms with Crippen LogP contribution in [0.1, 0.15) is 42.0 Å². The number of anilines is 1. The van der Waals surface area contributed by atoms with Crippen molar-refractivity contribution >= 4 is 17.3 Å². The largest absolute Gasteiger partial charge is 0.497 e. The molecule has 140 valence electrons. The molecular formula is C26H25NO. The van der Waals surface area contributed by atoms with Gasteiger partial charge in [0.05, 0.1) is 7.11 Å². The van der Waals surface area contributed by atoms with Crippen LogP contribution >= 0.6 is 0 Å². The molecule has 0 radical (unpaired) electrons. The zero-order valence-electron chi connectivity index (χ0n) is 16.6. The van der Waals surface area contributed by atoms with E-state index in [-0.39, 0.29) is 5.54 Å². The molecule has 3 aromatic carbocycles. The molecule has 0 amide bonds. The Kier molecular flexibility index (Phi) is 3.83. The second kappa shape index (κ2) is 6.27. The molecule has 3 aromatic rings. The second-order valence-electron chi connectivity index (χ2n) is 8.27. The molecule has 2 aliphatic rings. The van der Waals surface area contributed by atoms with Gasteiger partial charge in [-0.05, 0) is 60.4 Å². The Morgan fingerprint density at radius 3 is 2.46 bits per heavy atom. The highest BCUT2D eigenvalue weighted by Crippen LogP contribution is 2.56. The van der Waals surface area contributed by atoms with Gasteiger partial charge in [0.25, 0.3) is 0 Å². The van der Waals surface area contributed by atoms with E-state index in [1.54, 1.807) is 7.11 Å². The van der Waals surface area contributed by atoms with Crippen LogP contribution in [-0.2, 0) is 6.54 Å². The second-order valence-corrected chi connectivity index (χ2v) is 8.27. The third-order valence-electron chi connectivity index (χ3n) is 6.32. The number of rotatable bonds is 3. The highest BCUT2D eigenvalue weighted by molar-refractivity contribution is 5.98. The van der Waals surface area contributed by atoms with Crippen molar-refractivity contribution in [2.75, 3.05) is 12.0 Å². The predicted molar refractivity (Wildman–Crippen MR) is 117 cm³/mol. The molecule has 0 saturated heterocycles. The quantitative estimate of drug-likeness (QED) is 0.552. The highest BCUT2D eigenvalue weighted by Gasteiger charge is 2.47. The van der Waals surface area contributed by atoms with Gasteiger partial charge in [-0.1, -0.05) is 54.6 Å². The van der Waals surface area contributed by atoms with Crippen LogP contribution in [-0.4, -0.2) is 12.6 Å². The van der Waals surface area contributed by atoms with Crippen LogP contribution in [0.5, 0.6) is 5.75 Å². The summed E-state index contributed by atoms with van der Waals surface area (Å²) in [4.78, 5) is 2.58. The van der Waals surface area contributed by atoms with Crippen LogP contribution < -0.4 is 9.64 Å². The minimum Gasteiger partial charge on any atom is -0.497 e. The SMILES string of the molecule is COc1ccc2c(c1)C=C1c3ccccc3N(Cc3ccccc3)C(C)(C)[C@H]12. The van der Waals surface area contributed by atoms with Crippen molar-refractivity contribution in [3.05, 3.63) is 95.1 Å². The van der Waals surface area contributed by atoms with Crippen LogP contribution in [0.3, 0.4) is 0 Å². The van der Waals surface area contributed by atoms with Crippen molar-refractivity contribution in [2.24, 2.45) is 0 Å². The Hall–Kier alpha value is -3.00. The van der Waals surface area contributed by atoms with E-state index in [1.165, 1.54) is 33.5 Å². The molecule has 0 fully saturated rings. The van der Waals surface area contributed by atoms with Gasteiger partial charge in [-0.2, -0.15) is 0 Å². The number of hydrogen-bond acceptors (Lipinski definition) is 2. The molecule has 28 heavy (non-hydrogen) atoms. The van der Waals surface area contributed by atoms with E-state index in [1.807, 2.05) is 0 Å². The van der Waals surface area contributed by atoms with Gasteiger partial charge in [-0.15, -0.1) is 0 Å². The van der Waals surface area contributed by atoms with Crippen molar-refractivity contribution < 1.29 is 4.74 Å². The first-order valence-corrected chi connectivity index (χ1v) is 9.90. The van der Waals surface area contributed by atoms with E-state index in [4.69, 9.17) is 4.74 Å². The lowest BCUT2D eigenvalue weighted by Crippen LogP contribution is -2.51. The normalized spacial score (nSPS) is 18.8. The maximum absolute atomic E-state index is 5.47. The van der Waals surface area contributed by atoms with Gasteiger partial charge in [-0.25, -0.2) is 0 Å². The first kappa shape index (κ1) is 17.1. The summed E-state index contributed by atoms with van der Waals surface area (Å²) in [5.74, 6) is 1.26. The Bertz CT molecular complexity index is 1060. The van der Waals surface area contributed by atoms with E-state index < -0.39 is 0 Å². The summed E-state index contributed by atoms with van der Waals surface area (Å²) >= 11 is 0.